The number of nitrogens with zero attached hydrogens (tertiary/aromatic N) is 1. The standard InChI is InChI=1S/C15H26N2O4S/c1-11-8-12(20-6)13(21-7)9-14(11)22(18,19)16-10-15(2,3)17(4)5/h8-9,16H,10H2,1-7H3. The topological polar surface area (TPSA) is 67.9 Å². The number of hydrogen-bond donors (Lipinski definition) is 1. The van der Waals surface area contributed by atoms with Gasteiger partial charge in [-0.2, -0.15) is 0 Å². The van der Waals surface area contributed by atoms with Crippen molar-refractivity contribution in [2.24, 2.45) is 0 Å². The van der Waals surface area contributed by atoms with Crippen molar-refractivity contribution in [3.8, 4) is 11.5 Å². The second kappa shape index (κ2) is 6.85. The van der Waals surface area contributed by atoms with Crippen molar-refractivity contribution in [2.45, 2.75) is 31.2 Å². The molecule has 7 heteroatoms. The molecule has 6 nitrogen and oxygen atoms in total. The Hall–Kier alpha value is -1.31. The van der Waals surface area contributed by atoms with E-state index in [2.05, 4.69) is 4.72 Å². The van der Waals surface area contributed by atoms with Crippen LogP contribution in [0.15, 0.2) is 17.0 Å². The summed E-state index contributed by atoms with van der Waals surface area (Å²) < 4.78 is 38.2. The van der Waals surface area contributed by atoms with Crippen LogP contribution in [0.4, 0.5) is 0 Å². The largest absolute Gasteiger partial charge is 0.493 e. The van der Waals surface area contributed by atoms with E-state index in [4.69, 9.17) is 9.47 Å². The Morgan fingerprint density at radius 2 is 1.64 bits per heavy atom. The van der Waals surface area contributed by atoms with Gasteiger partial charge in [0.1, 0.15) is 0 Å². The number of hydrogen-bond acceptors (Lipinski definition) is 5. The molecule has 0 aliphatic carbocycles. The predicted octanol–water partition coefficient (Wildman–Crippen LogP) is 1.63. The number of ether oxygens (including phenoxy) is 2. The zero-order valence-corrected chi connectivity index (χ0v) is 15.2. The zero-order chi connectivity index (χ0) is 17.1. The molecule has 0 heterocycles. The minimum absolute atomic E-state index is 0.194. The Morgan fingerprint density at radius 1 is 1.14 bits per heavy atom. The fourth-order valence-electron chi connectivity index (χ4n) is 1.76. The van der Waals surface area contributed by atoms with Gasteiger partial charge in [-0.25, -0.2) is 13.1 Å². The number of methoxy groups -OCH3 is 2. The summed E-state index contributed by atoms with van der Waals surface area (Å²) in [5.41, 5.74) is 0.310. The van der Waals surface area contributed by atoms with E-state index in [1.54, 1.807) is 13.0 Å². The Kier molecular flexibility index (Phi) is 5.83. The quantitative estimate of drug-likeness (QED) is 0.823. The highest BCUT2D eigenvalue weighted by Crippen LogP contribution is 2.32. The van der Waals surface area contributed by atoms with Crippen molar-refractivity contribution < 1.29 is 17.9 Å². The van der Waals surface area contributed by atoms with Gasteiger partial charge in [0.2, 0.25) is 10.0 Å². The minimum atomic E-state index is -3.63. The lowest BCUT2D eigenvalue weighted by Gasteiger charge is -2.32. The molecular weight excluding hydrogens is 304 g/mol. The molecule has 0 aromatic heterocycles. The van der Waals surface area contributed by atoms with E-state index in [9.17, 15) is 8.42 Å². The maximum atomic E-state index is 12.6. The average Bonchev–Trinajstić information content (AvgIpc) is 2.44. The van der Waals surface area contributed by atoms with Crippen LogP contribution in [0, 0.1) is 6.92 Å². The Morgan fingerprint density at radius 3 is 2.09 bits per heavy atom. The first-order valence-corrected chi connectivity index (χ1v) is 8.43. The number of likely N-dealkylation sites (N-methyl/N-ethyl adjacent to an activating group) is 1. The van der Waals surface area contributed by atoms with Gasteiger partial charge in [-0.3, -0.25) is 0 Å². The lowest BCUT2D eigenvalue weighted by molar-refractivity contribution is 0.199. The SMILES string of the molecule is COc1cc(C)c(S(=O)(=O)NCC(C)(C)N(C)C)cc1OC. The van der Waals surface area contributed by atoms with Gasteiger partial charge in [0.25, 0.3) is 0 Å². The Bertz CT molecular complexity index is 625. The summed E-state index contributed by atoms with van der Waals surface area (Å²) in [4.78, 5) is 2.16. The first-order chi connectivity index (χ1) is 10.0. The summed E-state index contributed by atoms with van der Waals surface area (Å²) in [7, 11) is 3.19. The van der Waals surface area contributed by atoms with Crippen molar-refractivity contribution >= 4 is 10.0 Å². The van der Waals surface area contributed by atoms with E-state index in [0.717, 1.165) is 0 Å². The summed E-state index contributed by atoms with van der Waals surface area (Å²) in [6.07, 6.45) is 0. The maximum Gasteiger partial charge on any atom is 0.241 e. The van der Waals surface area contributed by atoms with E-state index in [1.807, 2.05) is 32.8 Å². The van der Waals surface area contributed by atoms with Crippen LogP contribution < -0.4 is 14.2 Å². The van der Waals surface area contributed by atoms with Crippen LogP contribution in [0.2, 0.25) is 0 Å². The van der Waals surface area contributed by atoms with Crippen LogP contribution in [0.5, 0.6) is 11.5 Å². The molecule has 126 valence electrons. The van der Waals surface area contributed by atoms with Crippen molar-refractivity contribution in [3.63, 3.8) is 0 Å². The zero-order valence-electron chi connectivity index (χ0n) is 14.4. The molecule has 0 aliphatic rings. The molecule has 1 N–H and O–H groups in total. The second-order valence-corrected chi connectivity index (χ2v) is 7.74. The molecule has 1 rings (SSSR count). The highest BCUT2D eigenvalue weighted by atomic mass is 32.2. The van der Waals surface area contributed by atoms with Crippen LogP contribution in [0.3, 0.4) is 0 Å². The first kappa shape index (κ1) is 18.7. The molecule has 1 aromatic carbocycles. The van der Waals surface area contributed by atoms with E-state index >= 15 is 0 Å². The number of aryl methyl sites for hydroxylation is 1. The first-order valence-electron chi connectivity index (χ1n) is 6.95. The maximum absolute atomic E-state index is 12.6. The lowest BCUT2D eigenvalue weighted by Crippen LogP contribution is -2.48. The van der Waals surface area contributed by atoms with Crippen molar-refractivity contribution in [1.29, 1.82) is 0 Å². The van der Waals surface area contributed by atoms with Crippen LogP contribution in [-0.2, 0) is 10.0 Å². The second-order valence-electron chi connectivity index (χ2n) is 6.00. The third-order valence-corrected chi connectivity index (χ3v) is 5.42. The smallest absolute Gasteiger partial charge is 0.241 e. The normalized spacial score (nSPS) is 12.5. The van der Waals surface area contributed by atoms with E-state index < -0.39 is 10.0 Å². The minimum Gasteiger partial charge on any atom is -0.493 e. The molecule has 0 fully saturated rings. The van der Waals surface area contributed by atoms with Crippen molar-refractivity contribution in [2.75, 3.05) is 34.9 Å². The summed E-state index contributed by atoms with van der Waals surface area (Å²) in [5, 5.41) is 0. The molecule has 0 bridgehead atoms. The highest BCUT2D eigenvalue weighted by molar-refractivity contribution is 7.89. The summed E-state index contributed by atoms with van der Waals surface area (Å²) in [5.74, 6) is 0.896. The fraction of sp³-hybridized carbons (Fsp3) is 0.600. The molecule has 22 heavy (non-hydrogen) atoms. The molecule has 1 aromatic rings. The van der Waals surface area contributed by atoms with E-state index in [-0.39, 0.29) is 10.4 Å². The van der Waals surface area contributed by atoms with Crippen molar-refractivity contribution in [3.05, 3.63) is 17.7 Å². The molecule has 0 atom stereocenters. The van der Waals surface area contributed by atoms with Gasteiger partial charge in [0.15, 0.2) is 11.5 Å². The van der Waals surface area contributed by atoms with E-state index in [1.165, 1.54) is 20.3 Å². The van der Waals surface area contributed by atoms with Gasteiger partial charge >= 0.3 is 0 Å². The fourth-order valence-corrected chi connectivity index (χ4v) is 3.20. The third-order valence-electron chi connectivity index (χ3n) is 3.88. The lowest BCUT2D eigenvalue weighted by atomic mass is 10.1. The third kappa shape index (κ3) is 4.12. The van der Waals surface area contributed by atoms with Gasteiger partial charge in [0, 0.05) is 18.2 Å². The molecule has 0 aliphatic heterocycles. The van der Waals surface area contributed by atoms with E-state index in [0.29, 0.717) is 23.6 Å². The predicted molar refractivity (Wildman–Crippen MR) is 87.2 cm³/mol. The van der Waals surface area contributed by atoms with Crippen LogP contribution >= 0.6 is 0 Å². The summed E-state index contributed by atoms with van der Waals surface area (Å²) in [6, 6.07) is 3.14. The Balaban J connectivity index is 3.13. The highest BCUT2D eigenvalue weighted by Gasteiger charge is 2.26. The van der Waals surface area contributed by atoms with Gasteiger partial charge in [-0.15, -0.1) is 0 Å². The summed E-state index contributed by atoms with van der Waals surface area (Å²) >= 11 is 0. The number of nitrogens with one attached hydrogen (secondary N) is 1. The molecule has 0 unspecified atom stereocenters. The average molecular weight is 330 g/mol. The van der Waals surface area contributed by atoms with Gasteiger partial charge in [-0.1, -0.05) is 0 Å². The van der Waals surface area contributed by atoms with Crippen LogP contribution in [0.25, 0.3) is 0 Å². The molecular formula is C15H26N2O4S. The summed E-state index contributed by atoms with van der Waals surface area (Å²) in [6.45, 7) is 5.97. The number of benzene rings is 1. The van der Waals surface area contributed by atoms with Gasteiger partial charge < -0.3 is 14.4 Å². The van der Waals surface area contributed by atoms with Crippen LogP contribution in [0.1, 0.15) is 19.4 Å². The molecule has 0 saturated carbocycles. The monoisotopic (exact) mass is 330 g/mol. The van der Waals surface area contributed by atoms with Gasteiger partial charge in [0.05, 0.1) is 19.1 Å². The van der Waals surface area contributed by atoms with Crippen molar-refractivity contribution in [1.82, 2.24) is 9.62 Å². The van der Waals surface area contributed by atoms with Crippen LogP contribution in [-0.4, -0.2) is 53.7 Å². The van der Waals surface area contributed by atoms with Gasteiger partial charge in [-0.05, 0) is 46.5 Å². The molecule has 0 amide bonds. The number of sulfonamides is 1. The molecule has 0 saturated heterocycles. The molecule has 0 spiro atoms. The molecule has 0 radical (unpaired) electrons. The Labute approximate surface area is 133 Å². The number of rotatable bonds is 7.